The zero-order valence-corrected chi connectivity index (χ0v) is 20.4. The molecule has 0 spiro atoms. The molecule has 1 aliphatic rings. The van der Waals surface area contributed by atoms with E-state index in [0.29, 0.717) is 29.0 Å². The van der Waals surface area contributed by atoms with Crippen molar-refractivity contribution in [3.63, 3.8) is 0 Å². The van der Waals surface area contributed by atoms with Crippen LogP contribution in [0.5, 0.6) is 0 Å². The summed E-state index contributed by atoms with van der Waals surface area (Å²) in [5, 5.41) is 35.6. The van der Waals surface area contributed by atoms with E-state index >= 15 is 0 Å². The Bertz CT molecular complexity index is 1310. The Hall–Kier alpha value is -3.47. The van der Waals surface area contributed by atoms with E-state index in [1.54, 1.807) is 0 Å². The lowest BCUT2D eigenvalue weighted by Crippen LogP contribution is -2.21. The zero-order valence-electron chi connectivity index (χ0n) is 18.8. The molecule has 0 aliphatic heterocycles. The molecule has 1 fully saturated rings. The van der Waals surface area contributed by atoms with Crippen molar-refractivity contribution in [3.05, 3.63) is 87.4 Å². The number of aromatic nitrogens is 4. The van der Waals surface area contributed by atoms with Gasteiger partial charge in [-0.1, -0.05) is 88.9 Å². The van der Waals surface area contributed by atoms with Gasteiger partial charge in [0.2, 0.25) is 16.2 Å². The number of hydrogen-bond donors (Lipinski definition) is 3. The first-order valence-electron chi connectivity index (χ1n) is 11.3. The fraction of sp³-hybridized carbons (Fsp3) is 0.240. The number of carbonyl (C=O) groups excluding carboxylic acids is 1. The number of carbonyl (C=O) groups is 1. The number of amides is 1. The molecule has 2 heterocycles. The highest BCUT2D eigenvalue weighted by atomic mass is 32.1. The van der Waals surface area contributed by atoms with E-state index in [9.17, 15) is 9.90 Å². The fourth-order valence-electron chi connectivity index (χ4n) is 3.69. The van der Waals surface area contributed by atoms with Gasteiger partial charge in [-0.25, -0.2) is 0 Å². The van der Waals surface area contributed by atoms with E-state index in [0.717, 1.165) is 34.0 Å². The van der Waals surface area contributed by atoms with Gasteiger partial charge in [0.05, 0.1) is 6.42 Å². The Morgan fingerprint density at radius 1 is 0.971 bits per heavy atom. The van der Waals surface area contributed by atoms with Crippen LogP contribution in [0.4, 0.5) is 10.3 Å². The van der Waals surface area contributed by atoms with E-state index in [1.807, 2.05) is 60.7 Å². The average molecular weight is 505 g/mol. The lowest BCUT2D eigenvalue weighted by molar-refractivity contribution is -0.115. The number of nitrogens with zero attached hydrogens (tertiary/aromatic N) is 4. The highest BCUT2D eigenvalue weighted by Crippen LogP contribution is 2.42. The first-order valence-corrected chi connectivity index (χ1v) is 12.9. The molecule has 5 rings (SSSR count). The molecular formula is C25H24N6O2S2. The molecule has 10 heteroatoms. The summed E-state index contributed by atoms with van der Waals surface area (Å²) in [6.07, 6.45) is 3.91. The van der Waals surface area contributed by atoms with Crippen molar-refractivity contribution < 1.29 is 9.90 Å². The summed E-state index contributed by atoms with van der Waals surface area (Å²) in [5.41, 5.74) is 3.31. The predicted molar refractivity (Wildman–Crippen MR) is 138 cm³/mol. The van der Waals surface area contributed by atoms with Crippen LogP contribution in [0.1, 0.15) is 27.6 Å². The molecule has 3 N–H and O–H groups in total. The van der Waals surface area contributed by atoms with Gasteiger partial charge in [0.15, 0.2) is 0 Å². The molecule has 2 aromatic heterocycles. The minimum Gasteiger partial charge on any atom is -0.373 e. The molecule has 178 valence electrons. The summed E-state index contributed by atoms with van der Waals surface area (Å²) in [6, 6.07) is 19.4. The predicted octanol–water partition coefficient (Wildman–Crippen LogP) is 4.19. The van der Waals surface area contributed by atoms with Crippen LogP contribution < -0.4 is 10.6 Å². The quantitative estimate of drug-likeness (QED) is 0.278. The maximum absolute atomic E-state index is 12.2. The smallest absolute Gasteiger partial charge is 0.230 e. The van der Waals surface area contributed by atoms with E-state index in [4.69, 9.17) is 0 Å². The fourth-order valence-corrected chi connectivity index (χ4v) is 5.29. The van der Waals surface area contributed by atoms with Gasteiger partial charge in [-0.05, 0) is 29.5 Å². The lowest BCUT2D eigenvalue weighted by atomic mass is 10.1. The van der Waals surface area contributed by atoms with Crippen LogP contribution in [-0.2, 0) is 24.1 Å². The number of rotatable bonds is 10. The van der Waals surface area contributed by atoms with Crippen molar-refractivity contribution in [2.24, 2.45) is 5.92 Å². The Labute approximate surface area is 210 Å². The van der Waals surface area contributed by atoms with Gasteiger partial charge in [-0.2, -0.15) is 0 Å². The van der Waals surface area contributed by atoms with Gasteiger partial charge in [0.1, 0.15) is 16.2 Å². The minimum atomic E-state index is -0.723. The third-order valence-electron chi connectivity index (χ3n) is 5.50. The van der Waals surface area contributed by atoms with E-state index in [2.05, 4.69) is 37.1 Å². The molecule has 35 heavy (non-hydrogen) atoms. The molecule has 4 aromatic rings. The second-order valence-corrected chi connectivity index (χ2v) is 10.4. The van der Waals surface area contributed by atoms with Crippen molar-refractivity contribution >= 4 is 44.9 Å². The van der Waals surface area contributed by atoms with Crippen LogP contribution in [0, 0.1) is 5.92 Å². The largest absolute Gasteiger partial charge is 0.373 e. The molecule has 1 amide bonds. The highest BCUT2D eigenvalue weighted by molar-refractivity contribution is 7.16. The topological polar surface area (TPSA) is 113 Å². The monoisotopic (exact) mass is 504 g/mol. The summed E-state index contributed by atoms with van der Waals surface area (Å²) < 4.78 is 0. The Kier molecular flexibility index (Phi) is 7.22. The molecule has 2 atom stereocenters. The van der Waals surface area contributed by atoms with Gasteiger partial charge in [-0.3, -0.25) is 4.79 Å². The third-order valence-corrected chi connectivity index (χ3v) is 7.16. The molecule has 2 aromatic carbocycles. The van der Waals surface area contributed by atoms with Crippen LogP contribution in [0.15, 0.2) is 66.2 Å². The number of hydrogen-bond acceptors (Lipinski definition) is 9. The number of aliphatic hydroxyl groups excluding tert-OH is 1. The SMILES string of the molecule is O=C(Cc1ccccc1)Nc1nnc(CC2CC2=Cc2nnc(NC(O)Cc3ccccc3)s2)s1. The average Bonchev–Trinajstić information content (AvgIpc) is 3.18. The van der Waals surface area contributed by atoms with Gasteiger partial charge >= 0.3 is 0 Å². The molecule has 1 aliphatic carbocycles. The van der Waals surface area contributed by atoms with Crippen molar-refractivity contribution in [1.29, 1.82) is 0 Å². The van der Waals surface area contributed by atoms with Crippen LogP contribution in [-0.4, -0.2) is 37.6 Å². The summed E-state index contributed by atoms with van der Waals surface area (Å²) in [5.74, 6) is 0.306. The summed E-state index contributed by atoms with van der Waals surface area (Å²) >= 11 is 2.83. The standard InChI is InChI=1S/C25H24N6O2S2/c32-20(11-16-7-3-1-4-8-16)26-24-30-28-22(34-24)14-18-13-19(18)15-23-29-31-25(35-23)27-21(33)12-17-9-5-2-6-10-17/h1-10,14,19-20,32H,11-13,15H2,(H,26,30)(H,27,31,33). The molecule has 0 saturated heterocycles. The van der Waals surface area contributed by atoms with E-state index in [1.165, 1.54) is 28.2 Å². The molecule has 0 bridgehead atoms. The van der Waals surface area contributed by atoms with Crippen molar-refractivity contribution in [1.82, 2.24) is 20.4 Å². The molecule has 8 nitrogen and oxygen atoms in total. The van der Waals surface area contributed by atoms with Crippen molar-refractivity contribution in [3.8, 4) is 0 Å². The van der Waals surface area contributed by atoms with Gasteiger partial charge in [-0.15, -0.1) is 20.4 Å². The Morgan fingerprint density at radius 2 is 1.69 bits per heavy atom. The van der Waals surface area contributed by atoms with Crippen molar-refractivity contribution in [2.75, 3.05) is 10.6 Å². The zero-order chi connectivity index (χ0) is 24.0. The van der Waals surface area contributed by atoms with Crippen LogP contribution >= 0.6 is 22.7 Å². The summed E-state index contributed by atoms with van der Waals surface area (Å²) in [7, 11) is 0. The first kappa shape index (κ1) is 23.3. The van der Waals surface area contributed by atoms with E-state index < -0.39 is 6.23 Å². The maximum atomic E-state index is 12.2. The minimum absolute atomic E-state index is 0.0968. The first-order chi connectivity index (χ1) is 17.1. The number of aliphatic hydroxyl groups is 1. The van der Waals surface area contributed by atoms with Gasteiger partial charge in [0, 0.05) is 12.8 Å². The molecule has 1 saturated carbocycles. The normalized spacial score (nSPS) is 16.7. The summed E-state index contributed by atoms with van der Waals surface area (Å²) in [6.45, 7) is 0. The third kappa shape index (κ3) is 6.78. The lowest BCUT2D eigenvalue weighted by Gasteiger charge is -2.10. The second kappa shape index (κ2) is 10.9. The summed E-state index contributed by atoms with van der Waals surface area (Å²) in [4.78, 5) is 12.2. The maximum Gasteiger partial charge on any atom is 0.230 e. The van der Waals surface area contributed by atoms with Crippen molar-refractivity contribution in [2.45, 2.75) is 31.9 Å². The van der Waals surface area contributed by atoms with Gasteiger partial charge < -0.3 is 15.7 Å². The Balaban J connectivity index is 1.09. The number of benzene rings is 2. The molecule has 2 unspecified atom stereocenters. The Morgan fingerprint density at radius 3 is 2.46 bits per heavy atom. The number of anilines is 2. The second-order valence-electron chi connectivity index (χ2n) is 8.33. The van der Waals surface area contributed by atoms with E-state index in [-0.39, 0.29) is 5.91 Å². The van der Waals surface area contributed by atoms with Crippen LogP contribution in [0.3, 0.4) is 0 Å². The van der Waals surface area contributed by atoms with Crippen LogP contribution in [0.2, 0.25) is 0 Å². The molecular weight excluding hydrogens is 480 g/mol. The number of allylic oxidation sites excluding steroid dienone is 1. The van der Waals surface area contributed by atoms with Crippen LogP contribution in [0.25, 0.3) is 6.08 Å². The number of nitrogens with one attached hydrogen (secondary N) is 2. The van der Waals surface area contributed by atoms with Gasteiger partial charge in [0.25, 0.3) is 0 Å². The highest BCUT2D eigenvalue weighted by Gasteiger charge is 2.31. The molecule has 0 radical (unpaired) electrons.